The summed E-state index contributed by atoms with van der Waals surface area (Å²) < 4.78 is 2.09. The Labute approximate surface area is 159 Å². The van der Waals surface area contributed by atoms with Crippen LogP contribution in [-0.2, 0) is 13.1 Å². The fourth-order valence-corrected chi connectivity index (χ4v) is 4.34. The Morgan fingerprint density at radius 1 is 1.37 bits per heavy atom. The van der Waals surface area contributed by atoms with Crippen LogP contribution in [0.4, 0.5) is 0 Å². The molecule has 2 aromatic rings. The number of piperidine rings is 1. The van der Waals surface area contributed by atoms with Gasteiger partial charge in [-0.15, -0.1) is 0 Å². The first-order valence-corrected chi connectivity index (χ1v) is 9.69. The van der Waals surface area contributed by atoms with Gasteiger partial charge in [0.05, 0.1) is 18.2 Å². The average molecular weight is 363 g/mol. The molecule has 6 heteroatoms. The monoisotopic (exact) mass is 363 g/mol. The number of aryl methyl sites for hydroxylation is 1. The predicted octanol–water partition coefficient (Wildman–Crippen LogP) is 2.56. The number of carbonyl (C=O) groups is 1. The van der Waals surface area contributed by atoms with E-state index in [0.717, 1.165) is 44.7 Å². The van der Waals surface area contributed by atoms with Gasteiger partial charge in [0.15, 0.2) is 0 Å². The summed E-state index contributed by atoms with van der Waals surface area (Å²) in [4.78, 5) is 19.9. The number of aromatic nitrogens is 2. The van der Waals surface area contributed by atoms with Crippen molar-refractivity contribution in [3.63, 3.8) is 0 Å². The Hall–Kier alpha value is -2.65. The zero-order valence-corrected chi connectivity index (χ0v) is 15.7. The van der Waals surface area contributed by atoms with E-state index in [0.29, 0.717) is 17.7 Å². The smallest absolute Gasteiger partial charge is 0.254 e. The summed E-state index contributed by atoms with van der Waals surface area (Å²) in [6.45, 7) is 5.51. The quantitative estimate of drug-likeness (QED) is 0.886. The second-order valence-electron chi connectivity index (χ2n) is 7.58. The minimum atomic E-state index is 0.0329. The lowest BCUT2D eigenvalue weighted by Crippen LogP contribution is -2.39. The van der Waals surface area contributed by atoms with Gasteiger partial charge in [0.1, 0.15) is 5.82 Å². The molecule has 0 radical (unpaired) electrons. The van der Waals surface area contributed by atoms with Crippen LogP contribution in [0.2, 0.25) is 0 Å². The number of nitrogens with one attached hydrogen (secondary N) is 1. The highest BCUT2D eigenvalue weighted by Gasteiger charge is 2.57. The van der Waals surface area contributed by atoms with E-state index < -0.39 is 0 Å². The third kappa shape index (κ3) is 3.35. The van der Waals surface area contributed by atoms with Gasteiger partial charge in [0.2, 0.25) is 0 Å². The lowest BCUT2D eigenvalue weighted by molar-refractivity contribution is 0.0685. The summed E-state index contributed by atoms with van der Waals surface area (Å²) in [6, 6.07) is 9.33. The number of nitrogens with zero attached hydrogens (tertiary/aromatic N) is 4. The average Bonchev–Trinajstić information content (AvgIpc) is 3.19. The largest absolute Gasteiger partial charge is 0.334 e. The van der Waals surface area contributed by atoms with Gasteiger partial charge in [-0.25, -0.2) is 4.98 Å². The zero-order chi connectivity index (χ0) is 18.9. The molecule has 1 aliphatic carbocycles. The van der Waals surface area contributed by atoms with Gasteiger partial charge in [0, 0.05) is 30.5 Å². The van der Waals surface area contributed by atoms with E-state index in [1.165, 1.54) is 0 Å². The molecule has 0 bridgehead atoms. The van der Waals surface area contributed by atoms with Gasteiger partial charge in [-0.05, 0) is 69.0 Å². The molecule has 1 atom stereocenters. The number of imidazole rings is 1. The van der Waals surface area contributed by atoms with Crippen LogP contribution < -0.4 is 5.32 Å². The van der Waals surface area contributed by atoms with Crippen molar-refractivity contribution >= 4 is 5.91 Å². The van der Waals surface area contributed by atoms with E-state index in [-0.39, 0.29) is 17.4 Å². The number of nitriles is 1. The Balaban J connectivity index is 1.61. The van der Waals surface area contributed by atoms with Crippen LogP contribution >= 0.6 is 0 Å². The van der Waals surface area contributed by atoms with Crippen molar-refractivity contribution in [2.75, 3.05) is 13.1 Å². The summed E-state index contributed by atoms with van der Waals surface area (Å²) in [5.74, 6) is 0.959. The third-order valence-corrected chi connectivity index (χ3v) is 6.10. The second kappa shape index (κ2) is 7.16. The van der Waals surface area contributed by atoms with Crippen molar-refractivity contribution in [3.8, 4) is 6.07 Å². The second-order valence-corrected chi connectivity index (χ2v) is 7.58. The third-order valence-electron chi connectivity index (χ3n) is 6.10. The predicted molar refractivity (Wildman–Crippen MR) is 102 cm³/mol. The van der Waals surface area contributed by atoms with Gasteiger partial charge in [-0.2, -0.15) is 5.26 Å². The van der Waals surface area contributed by atoms with Crippen LogP contribution in [0.1, 0.15) is 47.9 Å². The van der Waals surface area contributed by atoms with Gasteiger partial charge >= 0.3 is 0 Å². The molecule has 27 heavy (non-hydrogen) atoms. The van der Waals surface area contributed by atoms with Gasteiger partial charge in [-0.3, -0.25) is 4.79 Å². The maximum Gasteiger partial charge on any atom is 0.254 e. The molecular weight excluding hydrogens is 338 g/mol. The molecule has 4 rings (SSSR count). The molecule has 1 aliphatic heterocycles. The van der Waals surface area contributed by atoms with Crippen molar-refractivity contribution < 1.29 is 4.79 Å². The normalized spacial score (nSPS) is 20.2. The molecule has 1 aromatic carbocycles. The summed E-state index contributed by atoms with van der Waals surface area (Å²) in [6.07, 6.45) is 7.08. The van der Waals surface area contributed by atoms with Crippen LogP contribution in [0.5, 0.6) is 0 Å². The number of amides is 1. The first-order valence-electron chi connectivity index (χ1n) is 9.69. The lowest BCUT2D eigenvalue weighted by atomic mass is 9.93. The fraction of sp³-hybridized carbons (Fsp3) is 0.476. The summed E-state index contributed by atoms with van der Waals surface area (Å²) in [7, 11) is 0. The number of rotatable bonds is 5. The van der Waals surface area contributed by atoms with Crippen LogP contribution in [0.15, 0.2) is 36.7 Å². The molecular formula is C21H25N5O. The number of benzene rings is 1. The fourth-order valence-electron chi connectivity index (χ4n) is 4.34. The van der Waals surface area contributed by atoms with Crippen LogP contribution in [0, 0.1) is 16.7 Å². The van der Waals surface area contributed by atoms with Gasteiger partial charge in [-0.1, -0.05) is 0 Å². The number of carbonyl (C=O) groups excluding carboxylic acids is 1. The van der Waals surface area contributed by atoms with Crippen LogP contribution in [0.25, 0.3) is 0 Å². The molecule has 1 spiro atoms. The molecule has 1 amide bonds. The Morgan fingerprint density at radius 3 is 2.78 bits per heavy atom. The lowest BCUT2D eigenvalue weighted by Gasteiger charge is -2.29. The van der Waals surface area contributed by atoms with E-state index in [1.807, 2.05) is 11.1 Å². The molecule has 1 N–H and O–H groups in total. The molecule has 0 unspecified atom stereocenters. The van der Waals surface area contributed by atoms with Gasteiger partial charge in [0.25, 0.3) is 5.91 Å². The van der Waals surface area contributed by atoms with Crippen molar-refractivity contribution in [2.45, 2.75) is 45.3 Å². The number of hydrogen-bond donors (Lipinski definition) is 1. The van der Waals surface area contributed by atoms with Crippen LogP contribution in [-0.4, -0.2) is 39.5 Å². The van der Waals surface area contributed by atoms with Crippen molar-refractivity contribution in [3.05, 3.63) is 53.6 Å². The minimum Gasteiger partial charge on any atom is -0.334 e. The minimum absolute atomic E-state index is 0.0329. The summed E-state index contributed by atoms with van der Waals surface area (Å²) in [5, 5.41) is 12.4. The first-order chi connectivity index (χ1) is 13.2. The van der Waals surface area contributed by atoms with E-state index in [9.17, 15) is 4.79 Å². The SMILES string of the molecule is CCn1ccnc1CN(C(=O)c1ccc(C#N)cc1)[C@H]1CC12CCNCC2. The van der Waals surface area contributed by atoms with E-state index in [2.05, 4.69) is 27.9 Å². The molecule has 2 heterocycles. The molecule has 1 saturated carbocycles. The maximum absolute atomic E-state index is 13.4. The highest BCUT2D eigenvalue weighted by Crippen LogP contribution is 2.56. The highest BCUT2D eigenvalue weighted by atomic mass is 16.2. The van der Waals surface area contributed by atoms with Crippen LogP contribution in [0.3, 0.4) is 0 Å². The molecule has 6 nitrogen and oxygen atoms in total. The van der Waals surface area contributed by atoms with Crippen molar-refractivity contribution in [1.29, 1.82) is 5.26 Å². The molecule has 2 aliphatic rings. The summed E-state index contributed by atoms with van der Waals surface area (Å²) >= 11 is 0. The van der Waals surface area contributed by atoms with Gasteiger partial charge < -0.3 is 14.8 Å². The molecule has 2 fully saturated rings. The standard InChI is InChI=1S/C21H25N5O/c1-2-25-12-11-24-19(25)15-26(18-13-21(18)7-9-23-10-8-21)20(27)17-5-3-16(14-22)4-6-17/h3-6,11-12,18,23H,2,7-10,13,15H2,1H3/t18-/m0/s1. The maximum atomic E-state index is 13.4. The molecule has 1 aromatic heterocycles. The van der Waals surface area contributed by atoms with E-state index >= 15 is 0 Å². The molecule has 140 valence electrons. The van der Waals surface area contributed by atoms with E-state index in [4.69, 9.17) is 5.26 Å². The highest BCUT2D eigenvalue weighted by molar-refractivity contribution is 5.94. The Morgan fingerprint density at radius 2 is 2.11 bits per heavy atom. The summed E-state index contributed by atoms with van der Waals surface area (Å²) in [5.41, 5.74) is 1.47. The van der Waals surface area contributed by atoms with Crippen molar-refractivity contribution in [2.24, 2.45) is 5.41 Å². The first kappa shape index (κ1) is 17.7. The topological polar surface area (TPSA) is 74.0 Å². The van der Waals surface area contributed by atoms with E-state index in [1.54, 1.807) is 30.5 Å². The Bertz CT molecular complexity index is 857. The van der Waals surface area contributed by atoms with Crippen molar-refractivity contribution in [1.82, 2.24) is 19.8 Å². The molecule has 1 saturated heterocycles. The Kier molecular flexibility index (Phi) is 4.71. The number of hydrogen-bond acceptors (Lipinski definition) is 4. The zero-order valence-electron chi connectivity index (χ0n) is 15.7.